The van der Waals surface area contributed by atoms with Gasteiger partial charge >= 0.3 is 0 Å². The summed E-state index contributed by atoms with van der Waals surface area (Å²) in [4.78, 5) is 1.31. The Morgan fingerprint density at radius 1 is 1.40 bits per heavy atom. The van der Waals surface area contributed by atoms with Crippen LogP contribution in [0.15, 0.2) is 27.6 Å². The largest absolute Gasteiger partial charge is 0.327 e. The quantitative estimate of drug-likeness (QED) is 0.833. The van der Waals surface area contributed by atoms with Gasteiger partial charge < -0.3 is 5.73 Å². The van der Waals surface area contributed by atoms with Gasteiger partial charge in [-0.05, 0) is 52.2 Å². The average molecular weight is 288 g/mol. The highest BCUT2D eigenvalue weighted by Crippen LogP contribution is 2.28. The molecule has 0 aromatic heterocycles. The highest BCUT2D eigenvalue weighted by atomic mass is 79.9. The highest BCUT2D eigenvalue weighted by Gasteiger charge is 2.04. The molecule has 0 bridgehead atoms. The Kier molecular flexibility index (Phi) is 5.72. The molecular formula is C12H18BrNS. The van der Waals surface area contributed by atoms with Crippen molar-refractivity contribution in [1.29, 1.82) is 0 Å². The number of hydrogen-bond donors (Lipinski definition) is 1. The molecule has 0 fully saturated rings. The zero-order valence-corrected chi connectivity index (χ0v) is 11.7. The molecule has 0 aliphatic rings. The van der Waals surface area contributed by atoms with Crippen LogP contribution in [0.4, 0.5) is 0 Å². The van der Waals surface area contributed by atoms with Crippen LogP contribution in [0.2, 0.25) is 0 Å². The molecule has 0 spiro atoms. The van der Waals surface area contributed by atoms with E-state index in [-0.39, 0.29) is 6.04 Å². The van der Waals surface area contributed by atoms with Crippen LogP contribution in [0, 0.1) is 0 Å². The summed E-state index contributed by atoms with van der Waals surface area (Å²) in [6, 6.07) is 6.82. The van der Waals surface area contributed by atoms with Crippen LogP contribution in [-0.2, 0) is 6.42 Å². The summed E-state index contributed by atoms with van der Waals surface area (Å²) in [5.41, 5.74) is 7.25. The molecule has 1 rings (SSSR count). The van der Waals surface area contributed by atoms with E-state index in [1.807, 2.05) is 11.8 Å². The predicted molar refractivity (Wildman–Crippen MR) is 72.5 cm³/mol. The van der Waals surface area contributed by atoms with E-state index in [2.05, 4.69) is 48.0 Å². The van der Waals surface area contributed by atoms with Gasteiger partial charge in [0.25, 0.3) is 0 Å². The van der Waals surface area contributed by atoms with Crippen molar-refractivity contribution in [2.75, 3.05) is 5.75 Å². The molecular weight excluding hydrogens is 270 g/mol. The number of thioether (sulfide) groups is 1. The molecule has 1 aromatic carbocycles. The Balaban J connectivity index is 2.73. The van der Waals surface area contributed by atoms with Crippen molar-refractivity contribution < 1.29 is 0 Å². The lowest BCUT2D eigenvalue weighted by molar-refractivity contribution is 0.646. The second-order valence-electron chi connectivity index (χ2n) is 3.57. The average Bonchev–Trinajstić information content (AvgIpc) is 2.22. The van der Waals surface area contributed by atoms with Crippen molar-refractivity contribution in [3.63, 3.8) is 0 Å². The Morgan fingerprint density at radius 3 is 2.67 bits per heavy atom. The second kappa shape index (κ2) is 6.56. The summed E-state index contributed by atoms with van der Waals surface area (Å²) < 4.78 is 1.19. The smallest absolute Gasteiger partial charge is 0.0313 e. The van der Waals surface area contributed by atoms with Gasteiger partial charge in [0, 0.05) is 15.4 Å². The number of halogens is 1. The molecule has 0 amide bonds. The Morgan fingerprint density at radius 2 is 2.13 bits per heavy atom. The molecule has 15 heavy (non-hydrogen) atoms. The number of rotatable bonds is 5. The maximum Gasteiger partial charge on any atom is 0.0313 e. The number of hydrogen-bond acceptors (Lipinski definition) is 2. The van der Waals surface area contributed by atoms with E-state index >= 15 is 0 Å². The van der Waals surface area contributed by atoms with E-state index in [0.29, 0.717) is 0 Å². The Bertz CT molecular complexity index is 314. The minimum absolute atomic E-state index is 0.279. The topological polar surface area (TPSA) is 26.0 Å². The highest BCUT2D eigenvalue weighted by molar-refractivity contribution is 9.10. The van der Waals surface area contributed by atoms with Gasteiger partial charge in [0.2, 0.25) is 0 Å². The molecule has 3 heteroatoms. The maximum absolute atomic E-state index is 5.93. The third-order valence-electron chi connectivity index (χ3n) is 2.32. The fourth-order valence-corrected chi connectivity index (χ4v) is 2.83. The summed E-state index contributed by atoms with van der Waals surface area (Å²) in [6.45, 7) is 4.29. The molecule has 84 valence electrons. The molecule has 0 heterocycles. The third kappa shape index (κ3) is 4.17. The third-order valence-corrected chi connectivity index (χ3v) is 4.19. The fourth-order valence-electron chi connectivity index (χ4n) is 1.39. The first-order chi connectivity index (χ1) is 7.17. The molecule has 1 aromatic rings. The SMILES string of the molecule is CCSc1ccc(CC(N)CC)cc1Br. The second-order valence-corrected chi connectivity index (χ2v) is 5.73. The van der Waals surface area contributed by atoms with Crippen molar-refractivity contribution in [2.24, 2.45) is 5.73 Å². The summed E-state index contributed by atoms with van der Waals surface area (Å²) in [5.74, 6) is 1.10. The standard InChI is InChI=1S/C12H18BrNS/c1-3-10(14)7-9-5-6-12(15-4-2)11(13)8-9/h5-6,8,10H,3-4,7,14H2,1-2H3. The monoisotopic (exact) mass is 287 g/mol. The van der Waals surface area contributed by atoms with E-state index in [1.165, 1.54) is 14.9 Å². The Labute approximate surface area is 105 Å². The molecule has 2 N–H and O–H groups in total. The first-order valence-electron chi connectivity index (χ1n) is 5.34. The molecule has 0 aliphatic heterocycles. The Hall–Kier alpha value is 0.01000. The van der Waals surface area contributed by atoms with Crippen LogP contribution in [0.25, 0.3) is 0 Å². The molecule has 1 nitrogen and oxygen atoms in total. The van der Waals surface area contributed by atoms with Crippen LogP contribution in [0.5, 0.6) is 0 Å². The molecule has 1 atom stereocenters. The molecule has 0 aliphatic carbocycles. The van der Waals surface area contributed by atoms with E-state index < -0.39 is 0 Å². The van der Waals surface area contributed by atoms with E-state index in [4.69, 9.17) is 5.73 Å². The van der Waals surface area contributed by atoms with Gasteiger partial charge in [0.15, 0.2) is 0 Å². The van der Waals surface area contributed by atoms with Gasteiger partial charge in [-0.2, -0.15) is 0 Å². The summed E-state index contributed by atoms with van der Waals surface area (Å²) in [7, 11) is 0. The van der Waals surface area contributed by atoms with Gasteiger partial charge in [-0.15, -0.1) is 11.8 Å². The predicted octanol–water partition coefficient (Wildman–Crippen LogP) is 3.84. The van der Waals surface area contributed by atoms with Crippen molar-refractivity contribution >= 4 is 27.7 Å². The van der Waals surface area contributed by atoms with E-state index in [1.54, 1.807) is 0 Å². The van der Waals surface area contributed by atoms with Gasteiger partial charge in [-0.1, -0.05) is 19.9 Å². The molecule has 1 unspecified atom stereocenters. The number of benzene rings is 1. The zero-order valence-electron chi connectivity index (χ0n) is 9.29. The molecule has 0 radical (unpaired) electrons. The fraction of sp³-hybridized carbons (Fsp3) is 0.500. The van der Waals surface area contributed by atoms with Gasteiger partial charge in [0.1, 0.15) is 0 Å². The van der Waals surface area contributed by atoms with Crippen molar-refractivity contribution in [2.45, 2.75) is 37.6 Å². The van der Waals surface area contributed by atoms with Gasteiger partial charge in [-0.25, -0.2) is 0 Å². The minimum Gasteiger partial charge on any atom is -0.327 e. The first-order valence-corrected chi connectivity index (χ1v) is 7.12. The summed E-state index contributed by atoms with van der Waals surface area (Å²) in [6.07, 6.45) is 2.00. The van der Waals surface area contributed by atoms with E-state index in [0.717, 1.165) is 18.6 Å². The minimum atomic E-state index is 0.279. The lowest BCUT2D eigenvalue weighted by Crippen LogP contribution is -2.21. The van der Waals surface area contributed by atoms with Crippen LogP contribution < -0.4 is 5.73 Å². The summed E-state index contributed by atoms with van der Waals surface area (Å²) in [5, 5.41) is 0. The van der Waals surface area contributed by atoms with Crippen molar-refractivity contribution in [3.05, 3.63) is 28.2 Å². The summed E-state index contributed by atoms with van der Waals surface area (Å²) >= 11 is 5.46. The van der Waals surface area contributed by atoms with Crippen LogP contribution in [0.1, 0.15) is 25.8 Å². The molecule has 0 saturated heterocycles. The van der Waals surface area contributed by atoms with Crippen molar-refractivity contribution in [1.82, 2.24) is 0 Å². The van der Waals surface area contributed by atoms with Gasteiger partial charge in [0.05, 0.1) is 0 Å². The first kappa shape index (κ1) is 13.1. The van der Waals surface area contributed by atoms with Crippen LogP contribution in [0.3, 0.4) is 0 Å². The maximum atomic E-state index is 5.93. The van der Waals surface area contributed by atoms with E-state index in [9.17, 15) is 0 Å². The lowest BCUT2D eigenvalue weighted by atomic mass is 10.1. The van der Waals surface area contributed by atoms with Crippen LogP contribution in [-0.4, -0.2) is 11.8 Å². The van der Waals surface area contributed by atoms with Gasteiger partial charge in [-0.3, -0.25) is 0 Å². The zero-order chi connectivity index (χ0) is 11.3. The van der Waals surface area contributed by atoms with Crippen molar-refractivity contribution in [3.8, 4) is 0 Å². The normalized spacial score (nSPS) is 12.8. The van der Waals surface area contributed by atoms with Crippen LogP contribution >= 0.6 is 27.7 Å². The lowest BCUT2D eigenvalue weighted by Gasteiger charge is -2.10. The molecule has 0 saturated carbocycles. The number of nitrogens with two attached hydrogens (primary N) is 1.